The number of carbonyl (C=O) groups excluding carboxylic acids is 1. The smallest absolute Gasteiger partial charge is 0.215 e. The van der Waals surface area contributed by atoms with E-state index in [1.807, 2.05) is 12.1 Å². The highest BCUT2D eigenvalue weighted by molar-refractivity contribution is 7.80. The maximum absolute atomic E-state index is 10.6. The van der Waals surface area contributed by atoms with Crippen LogP contribution < -0.4 is 5.32 Å². The molecule has 0 radical (unpaired) electrons. The zero-order chi connectivity index (χ0) is 13.8. The lowest BCUT2D eigenvalue weighted by molar-refractivity contribution is -0.114. The summed E-state index contributed by atoms with van der Waals surface area (Å²) in [7, 11) is 1.64. The van der Waals surface area contributed by atoms with Gasteiger partial charge in [-0.15, -0.1) is 0 Å². The van der Waals surface area contributed by atoms with Crippen molar-refractivity contribution < 1.29 is 4.79 Å². The first-order valence-electron chi connectivity index (χ1n) is 6.15. The van der Waals surface area contributed by atoms with E-state index in [1.165, 1.54) is 21.5 Å². The van der Waals surface area contributed by atoms with Crippen molar-refractivity contribution in [2.24, 2.45) is 0 Å². The Morgan fingerprint density at radius 2 is 2.21 bits per heavy atom. The minimum Gasteiger partial charge on any atom is -0.362 e. The molecule has 0 aliphatic rings. The molecule has 2 N–H and O–H groups in total. The van der Waals surface area contributed by atoms with Crippen LogP contribution in [0.5, 0.6) is 0 Å². The molecule has 0 fully saturated rings. The van der Waals surface area contributed by atoms with Gasteiger partial charge in [0.2, 0.25) is 6.41 Å². The Morgan fingerprint density at radius 1 is 1.47 bits per heavy atom. The molecule has 2 aromatic rings. The van der Waals surface area contributed by atoms with Crippen LogP contribution in [0.3, 0.4) is 0 Å². The monoisotopic (exact) mass is 275 g/mol. The van der Waals surface area contributed by atoms with Crippen LogP contribution in [0, 0.1) is 6.92 Å². The molecule has 0 saturated carbocycles. The van der Waals surface area contributed by atoms with Gasteiger partial charge in [0.25, 0.3) is 0 Å². The number of fused-ring (bicyclic) bond motifs is 1. The Bertz CT molecular complexity index is 606. The normalized spacial score (nSPS) is 10.4. The van der Waals surface area contributed by atoms with Gasteiger partial charge in [-0.05, 0) is 37.2 Å². The third kappa shape index (κ3) is 2.93. The Labute approximate surface area is 117 Å². The highest BCUT2D eigenvalue weighted by Crippen LogP contribution is 2.21. The molecule has 0 atom stereocenters. The first-order valence-corrected chi connectivity index (χ1v) is 6.56. The van der Waals surface area contributed by atoms with Crippen molar-refractivity contribution in [2.45, 2.75) is 13.3 Å². The number of thiocarbonyl (C=S) groups is 1. The number of para-hydroxylation sites is 1. The van der Waals surface area contributed by atoms with Crippen LogP contribution in [0.1, 0.15) is 11.3 Å². The lowest BCUT2D eigenvalue weighted by atomic mass is 10.1. The summed E-state index contributed by atoms with van der Waals surface area (Å²) in [5.41, 5.74) is 3.62. The van der Waals surface area contributed by atoms with E-state index >= 15 is 0 Å². The number of aryl methyl sites for hydroxylation is 1. The number of aromatic nitrogens is 1. The van der Waals surface area contributed by atoms with Crippen LogP contribution in [-0.4, -0.2) is 35.0 Å². The molecule has 0 aliphatic heterocycles. The number of hydrogen-bond acceptors (Lipinski definition) is 2. The van der Waals surface area contributed by atoms with Crippen LogP contribution in [0.2, 0.25) is 0 Å². The second kappa shape index (κ2) is 5.84. The molecule has 0 saturated heterocycles. The summed E-state index contributed by atoms with van der Waals surface area (Å²) < 4.78 is 0. The largest absolute Gasteiger partial charge is 0.362 e. The van der Waals surface area contributed by atoms with Gasteiger partial charge in [0.1, 0.15) is 0 Å². The van der Waals surface area contributed by atoms with Gasteiger partial charge in [-0.3, -0.25) is 9.69 Å². The Hall–Kier alpha value is -1.88. The fourth-order valence-corrected chi connectivity index (χ4v) is 2.27. The van der Waals surface area contributed by atoms with Crippen molar-refractivity contribution in [1.82, 2.24) is 15.2 Å². The van der Waals surface area contributed by atoms with Crippen molar-refractivity contribution in [3.05, 3.63) is 35.5 Å². The minimum atomic E-state index is 0.451. The summed E-state index contributed by atoms with van der Waals surface area (Å²) in [5, 5.41) is 4.77. The molecule has 1 aromatic carbocycles. The average Bonchev–Trinajstić information content (AvgIpc) is 2.74. The molecule has 0 bridgehead atoms. The number of carbonyl (C=O) groups is 1. The molecule has 1 heterocycles. The van der Waals surface area contributed by atoms with Crippen LogP contribution in [-0.2, 0) is 11.2 Å². The van der Waals surface area contributed by atoms with Gasteiger partial charge < -0.3 is 10.3 Å². The van der Waals surface area contributed by atoms with Crippen molar-refractivity contribution in [1.29, 1.82) is 0 Å². The number of H-pyrrole nitrogens is 1. The summed E-state index contributed by atoms with van der Waals surface area (Å²) >= 11 is 5.08. The molecule has 0 unspecified atom stereocenters. The van der Waals surface area contributed by atoms with E-state index in [2.05, 4.69) is 29.4 Å². The van der Waals surface area contributed by atoms with Crippen molar-refractivity contribution in [3.63, 3.8) is 0 Å². The van der Waals surface area contributed by atoms with E-state index in [1.54, 1.807) is 7.05 Å². The lowest BCUT2D eigenvalue weighted by Gasteiger charge is -2.13. The third-order valence-corrected chi connectivity index (χ3v) is 3.59. The quantitative estimate of drug-likeness (QED) is 0.662. The number of amides is 1. The molecule has 0 spiro atoms. The summed E-state index contributed by atoms with van der Waals surface area (Å²) in [6.45, 7) is 2.78. The summed E-state index contributed by atoms with van der Waals surface area (Å²) in [4.78, 5) is 15.3. The molecular weight excluding hydrogens is 258 g/mol. The van der Waals surface area contributed by atoms with Gasteiger partial charge in [0, 0.05) is 30.2 Å². The standard InChI is InChI=1S/C14H17N3OS/c1-10-11(7-8-15-14(19)17(2)9-18)12-5-3-4-6-13(12)16-10/h3-6,9,16H,7-8H2,1-2H3,(H,15,19). The lowest BCUT2D eigenvalue weighted by Crippen LogP contribution is -2.37. The van der Waals surface area contributed by atoms with E-state index in [9.17, 15) is 4.79 Å². The zero-order valence-electron chi connectivity index (χ0n) is 11.1. The SMILES string of the molecule is Cc1[nH]c2ccccc2c1CCNC(=S)N(C)C=O. The molecule has 1 aromatic heterocycles. The number of aromatic amines is 1. The molecule has 5 heteroatoms. The molecule has 19 heavy (non-hydrogen) atoms. The van der Waals surface area contributed by atoms with E-state index < -0.39 is 0 Å². The van der Waals surface area contributed by atoms with Gasteiger partial charge in [0.15, 0.2) is 5.11 Å². The summed E-state index contributed by atoms with van der Waals surface area (Å²) in [6, 6.07) is 8.25. The fourth-order valence-electron chi connectivity index (χ4n) is 2.12. The summed E-state index contributed by atoms with van der Waals surface area (Å²) in [6.07, 6.45) is 1.56. The molecule has 1 amide bonds. The Balaban J connectivity index is 2.04. The maximum Gasteiger partial charge on any atom is 0.215 e. The van der Waals surface area contributed by atoms with Crippen LogP contribution in [0.25, 0.3) is 10.9 Å². The number of nitrogens with zero attached hydrogens (tertiary/aromatic N) is 1. The predicted octanol–water partition coefficient (Wildman–Crippen LogP) is 1.98. The van der Waals surface area contributed by atoms with Crippen molar-refractivity contribution in [3.8, 4) is 0 Å². The average molecular weight is 275 g/mol. The van der Waals surface area contributed by atoms with Crippen molar-refractivity contribution in [2.75, 3.05) is 13.6 Å². The third-order valence-electron chi connectivity index (χ3n) is 3.16. The molecule has 2 rings (SSSR count). The maximum atomic E-state index is 10.6. The van der Waals surface area contributed by atoms with Crippen LogP contribution >= 0.6 is 12.2 Å². The molecule has 100 valence electrons. The second-order valence-corrected chi connectivity index (χ2v) is 4.86. The number of hydrogen-bond donors (Lipinski definition) is 2. The molecule has 0 aliphatic carbocycles. The number of rotatable bonds is 4. The van der Waals surface area contributed by atoms with Gasteiger partial charge in [0.05, 0.1) is 0 Å². The second-order valence-electron chi connectivity index (χ2n) is 4.47. The van der Waals surface area contributed by atoms with Gasteiger partial charge in [-0.25, -0.2) is 0 Å². The van der Waals surface area contributed by atoms with Crippen LogP contribution in [0.15, 0.2) is 24.3 Å². The Morgan fingerprint density at radius 3 is 2.95 bits per heavy atom. The van der Waals surface area contributed by atoms with E-state index in [0.717, 1.165) is 11.9 Å². The highest BCUT2D eigenvalue weighted by Gasteiger charge is 2.08. The predicted molar refractivity (Wildman–Crippen MR) is 81.2 cm³/mol. The van der Waals surface area contributed by atoms with Gasteiger partial charge in [-0.2, -0.15) is 0 Å². The summed E-state index contributed by atoms with van der Waals surface area (Å²) in [5.74, 6) is 0. The van der Waals surface area contributed by atoms with E-state index in [4.69, 9.17) is 12.2 Å². The van der Waals surface area contributed by atoms with E-state index in [0.29, 0.717) is 18.1 Å². The number of nitrogens with one attached hydrogen (secondary N) is 2. The highest BCUT2D eigenvalue weighted by atomic mass is 32.1. The van der Waals surface area contributed by atoms with Gasteiger partial charge in [-0.1, -0.05) is 18.2 Å². The number of benzene rings is 1. The zero-order valence-corrected chi connectivity index (χ0v) is 11.9. The minimum absolute atomic E-state index is 0.451. The van der Waals surface area contributed by atoms with Crippen molar-refractivity contribution >= 4 is 34.6 Å². The fraction of sp³-hybridized carbons (Fsp3) is 0.286. The van der Waals surface area contributed by atoms with Crippen LogP contribution in [0.4, 0.5) is 0 Å². The first-order chi connectivity index (χ1) is 9.13. The van der Waals surface area contributed by atoms with E-state index in [-0.39, 0.29) is 0 Å². The molecule has 4 nitrogen and oxygen atoms in total. The topological polar surface area (TPSA) is 48.1 Å². The van der Waals surface area contributed by atoms with Gasteiger partial charge >= 0.3 is 0 Å². The first kappa shape index (κ1) is 13.5. The molecular formula is C14H17N3OS. The Kier molecular flexibility index (Phi) is 4.16.